The predicted molar refractivity (Wildman–Crippen MR) is 131 cm³/mol. The lowest BCUT2D eigenvalue weighted by atomic mass is 9.95. The highest BCUT2D eigenvalue weighted by Gasteiger charge is 2.29. The van der Waals surface area contributed by atoms with Crippen molar-refractivity contribution in [3.05, 3.63) is 78.1 Å². The van der Waals surface area contributed by atoms with Crippen molar-refractivity contribution in [2.75, 3.05) is 6.61 Å². The molecule has 0 aliphatic heterocycles. The molecule has 0 heterocycles. The SMILES string of the molecule is CC(C(=O)NC1CCCCC1)N(Cc1ccccc1F)C(=O)COc1cccc2ccccc12. The molecule has 1 aliphatic rings. The third kappa shape index (κ3) is 5.74. The summed E-state index contributed by atoms with van der Waals surface area (Å²) >= 11 is 0. The molecule has 178 valence electrons. The molecule has 0 bridgehead atoms. The van der Waals surface area contributed by atoms with Crippen LogP contribution in [0.25, 0.3) is 10.8 Å². The molecule has 1 N–H and O–H groups in total. The van der Waals surface area contributed by atoms with Gasteiger partial charge >= 0.3 is 0 Å². The number of nitrogens with one attached hydrogen (secondary N) is 1. The van der Waals surface area contributed by atoms with Crippen LogP contribution in [0.1, 0.15) is 44.6 Å². The lowest BCUT2D eigenvalue weighted by molar-refractivity contribution is -0.142. The van der Waals surface area contributed by atoms with Crippen molar-refractivity contribution in [2.45, 2.75) is 57.7 Å². The molecular formula is C28H31FN2O3. The van der Waals surface area contributed by atoms with E-state index in [2.05, 4.69) is 5.32 Å². The Morgan fingerprint density at radius 2 is 1.71 bits per heavy atom. The third-order valence-corrected chi connectivity index (χ3v) is 6.52. The number of hydrogen-bond acceptors (Lipinski definition) is 3. The summed E-state index contributed by atoms with van der Waals surface area (Å²) in [5.41, 5.74) is 0.360. The second-order valence-corrected chi connectivity index (χ2v) is 8.90. The van der Waals surface area contributed by atoms with Gasteiger partial charge in [-0.2, -0.15) is 0 Å². The number of halogens is 1. The standard InChI is InChI=1S/C28H31FN2O3/c1-20(28(33)30-23-13-3-2-4-14-23)31(18-22-11-6-8-16-25(22)29)27(32)19-34-26-17-9-12-21-10-5-7-15-24(21)26/h5-12,15-17,20,23H,2-4,13-14,18-19H2,1H3,(H,30,33). The molecule has 1 saturated carbocycles. The van der Waals surface area contributed by atoms with Crippen molar-refractivity contribution >= 4 is 22.6 Å². The minimum Gasteiger partial charge on any atom is -0.483 e. The van der Waals surface area contributed by atoms with Crippen molar-refractivity contribution in [1.82, 2.24) is 10.2 Å². The summed E-state index contributed by atoms with van der Waals surface area (Å²) in [7, 11) is 0. The Balaban J connectivity index is 1.50. The monoisotopic (exact) mass is 462 g/mol. The van der Waals surface area contributed by atoms with E-state index in [1.54, 1.807) is 25.1 Å². The van der Waals surface area contributed by atoms with Gasteiger partial charge in [0.15, 0.2) is 6.61 Å². The summed E-state index contributed by atoms with van der Waals surface area (Å²) in [5, 5.41) is 5.00. The van der Waals surface area contributed by atoms with Gasteiger partial charge in [0.1, 0.15) is 17.6 Å². The van der Waals surface area contributed by atoms with Gasteiger partial charge in [0.2, 0.25) is 5.91 Å². The van der Waals surface area contributed by atoms with Gasteiger partial charge in [0, 0.05) is 23.5 Å². The van der Waals surface area contributed by atoms with Crippen LogP contribution in [0.2, 0.25) is 0 Å². The number of hydrogen-bond donors (Lipinski definition) is 1. The molecule has 6 heteroatoms. The van der Waals surface area contributed by atoms with Crippen LogP contribution in [-0.4, -0.2) is 35.4 Å². The zero-order valence-electron chi connectivity index (χ0n) is 19.5. The summed E-state index contributed by atoms with van der Waals surface area (Å²) in [5.74, 6) is -0.406. The van der Waals surface area contributed by atoms with Crippen molar-refractivity contribution < 1.29 is 18.7 Å². The average Bonchev–Trinajstić information content (AvgIpc) is 2.87. The minimum absolute atomic E-state index is 0.0103. The number of carbonyl (C=O) groups excluding carboxylic acids is 2. The van der Waals surface area contributed by atoms with Crippen LogP contribution in [0.3, 0.4) is 0 Å². The maximum absolute atomic E-state index is 14.4. The van der Waals surface area contributed by atoms with Crippen molar-refractivity contribution in [3.8, 4) is 5.75 Å². The number of carbonyl (C=O) groups is 2. The normalized spacial score (nSPS) is 15.0. The van der Waals surface area contributed by atoms with Crippen LogP contribution in [0.15, 0.2) is 66.7 Å². The van der Waals surface area contributed by atoms with Gasteiger partial charge < -0.3 is 15.0 Å². The number of amides is 2. The van der Waals surface area contributed by atoms with E-state index < -0.39 is 11.9 Å². The number of fused-ring (bicyclic) bond motifs is 1. The number of benzene rings is 3. The molecule has 1 aliphatic carbocycles. The lowest BCUT2D eigenvalue weighted by Gasteiger charge is -2.31. The minimum atomic E-state index is -0.759. The Morgan fingerprint density at radius 3 is 2.50 bits per heavy atom. The van der Waals surface area contributed by atoms with Gasteiger partial charge in [-0.15, -0.1) is 0 Å². The quantitative estimate of drug-likeness (QED) is 0.499. The Bertz CT molecular complexity index is 1140. The molecule has 1 unspecified atom stereocenters. The fourth-order valence-electron chi connectivity index (χ4n) is 4.51. The van der Waals surface area contributed by atoms with Crippen LogP contribution >= 0.6 is 0 Å². The van der Waals surface area contributed by atoms with E-state index >= 15 is 0 Å². The number of nitrogens with zero attached hydrogens (tertiary/aromatic N) is 1. The smallest absolute Gasteiger partial charge is 0.261 e. The summed E-state index contributed by atoms with van der Waals surface area (Å²) in [6.45, 7) is 1.43. The van der Waals surface area contributed by atoms with Crippen molar-refractivity contribution in [3.63, 3.8) is 0 Å². The average molecular weight is 463 g/mol. The highest BCUT2D eigenvalue weighted by atomic mass is 19.1. The van der Waals surface area contributed by atoms with Crippen LogP contribution in [0.5, 0.6) is 5.75 Å². The Morgan fingerprint density at radius 1 is 1.00 bits per heavy atom. The number of rotatable bonds is 8. The molecule has 2 amide bonds. The predicted octanol–water partition coefficient (Wildman–Crippen LogP) is 5.22. The fourth-order valence-corrected chi connectivity index (χ4v) is 4.51. The summed E-state index contributed by atoms with van der Waals surface area (Å²) in [6, 6.07) is 19.1. The molecule has 1 atom stereocenters. The van der Waals surface area contributed by atoms with Crippen LogP contribution in [-0.2, 0) is 16.1 Å². The molecule has 0 spiro atoms. The molecule has 0 saturated heterocycles. The first-order valence-corrected chi connectivity index (χ1v) is 12.0. The Hall–Kier alpha value is -3.41. The molecule has 3 aromatic carbocycles. The lowest BCUT2D eigenvalue weighted by Crippen LogP contribution is -2.51. The van der Waals surface area contributed by atoms with E-state index in [0.717, 1.165) is 36.5 Å². The van der Waals surface area contributed by atoms with E-state index in [9.17, 15) is 14.0 Å². The highest BCUT2D eigenvalue weighted by Crippen LogP contribution is 2.25. The molecule has 3 aromatic rings. The largest absolute Gasteiger partial charge is 0.483 e. The van der Waals surface area contributed by atoms with Gasteiger partial charge in [-0.3, -0.25) is 9.59 Å². The molecule has 4 rings (SSSR count). The maximum atomic E-state index is 14.4. The van der Waals surface area contributed by atoms with E-state index in [1.807, 2.05) is 42.5 Å². The van der Waals surface area contributed by atoms with E-state index in [0.29, 0.717) is 11.3 Å². The zero-order valence-corrected chi connectivity index (χ0v) is 19.5. The maximum Gasteiger partial charge on any atom is 0.261 e. The van der Waals surface area contributed by atoms with Gasteiger partial charge in [0.05, 0.1) is 0 Å². The first-order chi connectivity index (χ1) is 16.5. The van der Waals surface area contributed by atoms with E-state index in [4.69, 9.17) is 4.74 Å². The third-order valence-electron chi connectivity index (χ3n) is 6.52. The zero-order chi connectivity index (χ0) is 23.9. The second kappa shape index (κ2) is 11.1. The molecule has 5 nitrogen and oxygen atoms in total. The van der Waals surface area contributed by atoms with E-state index in [1.165, 1.54) is 17.4 Å². The molecule has 0 radical (unpaired) electrons. The fraction of sp³-hybridized carbons (Fsp3) is 0.357. The van der Waals surface area contributed by atoms with Crippen molar-refractivity contribution in [1.29, 1.82) is 0 Å². The van der Waals surface area contributed by atoms with Gasteiger partial charge in [0.25, 0.3) is 5.91 Å². The Labute approximate surface area is 199 Å². The first-order valence-electron chi connectivity index (χ1n) is 12.0. The highest BCUT2D eigenvalue weighted by molar-refractivity contribution is 5.90. The Kier molecular flexibility index (Phi) is 7.78. The second-order valence-electron chi connectivity index (χ2n) is 8.90. The van der Waals surface area contributed by atoms with Crippen LogP contribution in [0.4, 0.5) is 4.39 Å². The van der Waals surface area contributed by atoms with Gasteiger partial charge in [-0.1, -0.05) is 73.9 Å². The summed E-state index contributed by atoms with van der Waals surface area (Å²) < 4.78 is 20.3. The first kappa shape index (κ1) is 23.7. The molecule has 34 heavy (non-hydrogen) atoms. The molecular weight excluding hydrogens is 431 g/mol. The van der Waals surface area contributed by atoms with Crippen molar-refractivity contribution in [2.24, 2.45) is 0 Å². The molecule has 0 aromatic heterocycles. The van der Waals surface area contributed by atoms with Crippen LogP contribution in [0, 0.1) is 5.82 Å². The summed E-state index contributed by atoms with van der Waals surface area (Å²) in [6.07, 6.45) is 5.27. The van der Waals surface area contributed by atoms with Gasteiger partial charge in [-0.25, -0.2) is 4.39 Å². The number of ether oxygens (including phenoxy) is 1. The van der Waals surface area contributed by atoms with Gasteiger partial charge in [-0.05, 0) is 37.3 Å². The van der Waals surface area contributed by atoms with E-state index in [-0.39, 0.29) is 31.0 Å². The molecule has 1 fully saturated rings. The van der Waals surface area contributed by atoms with Crippen LogP contribution < -0.4 is 10.1 Å². The topological polar surface area (TPSA) is 58.6 Å². The summed E-state index contributed by atoms with van der Waals surface area (Å²) in [4.78, 5) is 27.8.